The van der Waals surface area contributed by atoms with Crippen molar-refractivity contribution >= 4 is 17.8 Å². The third-order valence-corrected chi connectivity index (χ3v) is 3.39. The Morgan fingerprint density at radius 3 is 2.84 bits per heavy atom. The SMILES string of the molecule is C=CCOC(=O)COc1ccc2c(c1)OC(=Cc1ccc(C)o1)C2=O. The van der Waals surface area contributed by atoms with Gasteiger partial charge >= 0.3 is 5.97 Å². The summed E-state index contributed by atoms with van der Waals surface area (Å²) in [6.07, 6.45) is 3.02. The van der Waals surface area contributed by atoms with E-state index in [0.717, 1.165) is 5.76 Å². The molecule has 0 aliphatic carbocycles. The zero-order valence-electron chi connectivity index (χ0n) is 13.6. The molecule has 0 fully saturated rings. The number of Topliss-reactive ketones (excluding diaryl/α,β-unsaturated/α-hetero) is 1. The van der Waals surface area contributed by atoms with E-state index in [0.29, 0.717) is 22.8 Å². The Hall–Kier alpha value is -3.28. The highest BCUT2D eigenvalue weighted by Gasteiger charge is 2.28. The van der Waals surface area contributed by atoms with Crippen molar-refractivity contribution in [2.24, 2.45) is 0 Å². The second kappa shape index (κ2) is 7.09. The van der Waals surface area contributed by atoms with Gasteiger partial charge in [0.05, 0.1) is 5.56 Å². The maximum Gasteiger partial charge on any atom is 0.344 e. The average Bonchev–Trinajstić information content (AvgIpc) is 3.14. The number of furan rings is 1. The third kappa shape index (κ3) is 3.80. The first-order valence-electron chi connectivity index (χ1n) is 7.61. The number of allylic oxidation sites excluding steroid dienone is 1. The molecule has 2 heterocycles. The van der Waals surface area contributed by atoms with Crippen molar-refractivity contribution in [1.82, 2.24) is 0 Å². The molecule has 2 aromatic rings. The van der Waals surface area contributed by atoms with Crippen molar-refractivity contribution in [1.29, 1.82) is 0 Å². The van der Waals surface area contributed by atoms with Gasteiger partial charge in [-0.3, -0.25) is 4.79 Å². The van der Waals surface area contributed by atoms with E-state index in [9.17, 15) is 9.59 Å². The first-order valence-corrected chi connectivity index (χ1v) is 7.61. The number of ether oxygens (including phenoxy) is 3. The number of aryl methyl sites for hydroxylation is 1. The van der Waals surface area contributed by atoms with Crippen LogP contribution in [0.5, 0.6) is 11.5 Å². The van der Waals surface area contributed by atoms with Crippen LogP contribution in [0.3, 0.4) is 0 Å². The Morgan fingerprint density at radius 1 is 1.28 bits per heavy atom. The summed E-state index contributed by atoms with van der Waals surface area (Å²) in [5.41, 5.74) is 0.427. The van der Waals surface area contributed by atoms with Crippen molar-refractivity contribution in [3.63, 3.8) is 0 Å². The fourth-order valence-electron chi connectivity index (χ4n) is 2.25. The number of hydrogen-bond donors (Lipinski definition) is 0. The van der Waals surface area contributed by atoms with Crippen LogP contribution >= 0.6 is 0 Å². The number of carbonyl (C=O) groups excluding carboxylic acids is 2. The van der Waals surface area contributed by atoms with E-state index in [4.69, 9.17) is 18.6 Å². The van der Waals surface area contributed by atoms with Gasteiger partial charge in [0, 0.05) is 12.1 Å². The molecular formula is C19H16O6. The first kappa shape index (κ1) is 16.6. The number of benzene rings is 1. The number of hydrogen-bond acceptors (Lipinski definition) is 6. The number of rotatable bonds is 6. The van der Waals surface area contributed by atoms with Gasteiger partial charge in [0.15, 0.2) is 12.4 Å². The minimum atomic E-state index is -0.508. The van der Waals surface area contributed by atoms with Gasteiger partial charge < -0.3 is 18.6 Å². The highest BCUT2D eigenvalue weighted by molar-refractivity contribution is 6.14. The molecule has 1 aliphatic heterocycles. The lowest BCUT2D eigenvalue weighted by atomic mass is 10.1. The molecule has 25 heavy (non-hydrogen) atoms. The van der Waals surface area contributed by atoms with Crippen molar-refractivity contribution < 1.29 is 28.2 Å². The maximum atomic E-state index is 12.3. The Balaban J connectivity index is 1.70. The molecule has 1 aromatic heterocycles. The van der Waals surface area contributed by atoms with E-state index in [1.54, 1.807) is 36.4 Å². The first-order chi connectivity index (χ1) is 12.1. The summed E-state index contributed by atoms with van der Waals surface area (Å²) in [6.45, 7) is 5.16. The molecule has 0 saturated carbocycles. The van der Waals surface area contributed by atoms with Gasteiger partial charge in [0.2, 0.25) is 5.78 Å². The smallest absolute Gasteiger partial charge is 0.344 e. The van der Waals surface area contributed by atoms with Gasteiger partial charge in [0.25, 0.3) is 0 Å². The normalized spacial score (nSPS) is 14.1. The van der Waals surface area contributed by atoms with Crippen LogP contribution in [0.4, 0.5) is 0 Å². The molecule has 3 rings (SSSR count). The van der Waals surface area contributed by atoms with Gasteiger partial charge in [-0.1, -0.05) is 12.7 Å². The van der Waals surface area contributed by atoms with Crippen LogP contribution in [0.25, 0.3) is 6.08 Å². The number of carbonyl (C=O) groups is 2. The monoisotopic (exact) mass is 340 g/mol. The molecular weight excluding hydrogens is 324 g/mol. The van der Waals surface area contributed by atoms with E-state index < -0.39 is 5.97 Å². The second-order valence-electron chi connectivity index (χ2n) is 5.31. The quantitative estimate of drug-likeness (QED) is 0.456. The molecule has 1 aliphatic rings. The molecule has 0 spiro atoms. The van der Waals surface area contributed by atoms with Crippen molar-refractivity contribution in [3.8, 4) is 11.5 Å². The number of fused-ring (bicyclic) bond motifs is 1. The molecule has 1 aromatic carbocycles. The fourth-order valence-corrected chi connectivity index (χ4v) is 2.25. The maximum absolute atomic E-state index is 12.3. The van der Waals surface area contributed by atoms with E-state index in [-0.39, 0.29) is 24.8 Å². The van der Waals surface area contributed by atoms with E-state index in [1.807, 2.05) is 6.92 Å². The van der Waals surface area contributed by atoms with Crippen LogP contribution in [-0.4, -0.2) is 25.0 Å². The Kier molecular flexibility index (Phi) is 4.70. The van der Waals surface area contributed by atoms with Crippen LogP contribution in [0.15, 0.2) is 53.2 Å². The van der Waals surface area contributed by atoms with E-state index >= 15 is 0 Å². The predicted octanol–water partition coefficient (Wildman–Crippen LogP) is 3.31. The lowest BCUT2D eigenvalue weighted by Crippen LogP contribution is -2.14. The van der Waals surface area contributed by atoms with E-state index in [1.165, 1.54) is 6.08 Å². The van der Waals surface area contributed by atoms with Crippen LogP contribution in [0, 0.1) is 6.92 Å². The topological polar surface area (TPSA) is 75.0 Å². The Bertz CT molecular complexity index is 859. The highest BCUT2D eigenvalue weighted by Crippen LogP contribution is 2.35. The van der Waals surface area contributed by atoms with Crippen molar-refractivity contribution in [2.75, 3.05) is 13.2 Å². The van der Waals surface area contributed by atoms with Crippen LogP contribution < -0.4 is 9.47 Å². The molecule has 6 nitrogen and oxygen atoms in total. The van der Waals surface area contributed by atoms with Gasteiger partial charge in [-0.05, 0) is 31.2 Å². The molecule has 0 saturated heterocycles. The lowest BCUT2D eigenvalue weighted by Gasteiger charge is -2.06. The zero-order valence-corrected chi connectivity index (χ0v) is 13.6. The second-order valence-corrected chi connectivity index (χ2v) is 5.31. The number of esters is 1. The van der Waals surface area contributed by atoms with Gasteiger partial charge in [-0.25, -0.2) is 4.79 Å². The summed E-state index contributed by atoms with van der Waals surface area (Å²) in [5, 5.41) is 0. The molecule has 0 bridgehead atoms. The molecule has 0 atom stereocenters. The summed E-state index contributed by atoms with van der Waals surface area (Å²) in [7, 11) is 0. The lowest BCUT2D eigenvalue weighted by molar-refractivity contribution is -0.144. The number of ketones is 1. The van der Waals surface area contributed by atoms with Crippen molar-refractivity contribution in [2.45, 2.75) is 6.92 Å². The summed E-state index contributed by atoms with van der Waals surface area (Å²) in [5.74, 6) is 1.48. The van der Waals surface area contributed by atoms with Gasteiger partial charge in [0.1, 0.15) is 29.6 Å². The largest absolute Gasteiger partial charge is 0.482 e. The minimum absolute atomic E-state index is 0.129. The predicted molar refractivity (Wildman–Crippen MR) is 89.5 cm³/mol. The fraction of sp³-hybridized carbons (Fsp3) is 0.158. The van der Waals surface area contributed by atoms with Crippen molar-refractivity contribution in [3.05, 3.63) is 65.8 Å². The Labute approximate surface area is 144 Å². The molecule has 128 valence electrons. The standard InChI is InChI=1S/C19H16O6/c1-3-8-22-18(20)11-23-13-6-7-15-16(9-13)25-17(19(15)21)10-14-5-4-12(2)24-14/h3-7,9-10H,1,8,11H2,2H3. The summed E-state index contributed by atoms with van der Waals surface area (Å²) >= 11 is 0. The highest BCUT2D eigenvalue weighted by atomic mass is 16.6. The molecule has 0 unspecified atom stereocenters. The van der Waals surface area contributed by atoms with Crippen LogP contribution in [0.2, 0.25) is 0 Å². The molecule has 0 N–H and O–H groups in total. The van der Waals surface area contributed by atoms with Gasteiger partial charge in [-0.15, -0.1) is 0 Å². The minimum Gasteiger partial charge on any atom is -0.482 e. The summed E-state index contributed by atoms with van der Waals surface area (Å²) < 4.78 is 21.2. The van der Waals surface area contributed by atoms with Crippen LogP contribution in [0.1, 0.15) is 21.9 Å². The molecule has 0 amide bonds. The van der Waals surface area contributed by atoms with Crippen LogP contribution in [-0.2, 0) is 9.53 Å². The van der Waals surface area contributed by atoms with Gasteiger partial charge in [-0.2, -0.15) is 0 Å². The van der Waals surface area contributed by atoms with E-state index in [2.05, 4.69) is 6.58 Å². The Morgan fingerprint density at radius 2 is 2.12 bits per heavy atom. The average molecular weight is 340 g/mol. The third-order valence-electron chi connectivity index (χ3n) is 3.39. The summed E-state index contributed by atoms with van der Waals surface area (Å²) in [6, 6.07) is 8.31. The summed E-state index contributed by atoms with van der Waals surface area (Å²) in [4.78, 5) is 23.8. The zero-order chi connectivity index (χ0) is 17.8. The molecule has 6 heteroatoms. The molecule has 0 radical (unpaired) electrons.